The van der Waals surface area contributed by atoms with Gasteiger partial charge in [0.1, 0.15) is 6.54 Å². The van der Waals surface area contributed by atoms with Gasteiger partial charge in [0.25, 0.3) is 11.6 Å². The molecule has 0 radical (unpaired) electrons. The molecule has 0 aliphatic carbocycles. The van der Waals surface area contributed by atoms with Crippen molar-refractivity contribution in [3.63, 3.8) is 0 Å². The number of aryl methyl sites for hydroxylation is 1. The van der Waals surface area contributed by atoms with Crippen LogP contribution in [-0.2, 0) is 17.9 Å². The molecule has 8 nitrogen and oxygen atoms in total. The van der Waals surface area contributed by atoms with Gasteiger partial charge in [0, 0.05) is 49.2 Å². The third kappa shape index (κ3) is 8.03. The molecule has 0 aliphatic rings. The fourth-order valence-corrected chi connectivity index (χ4v) is 4.39. The number of benzene rings is 2. The Kier molecular flexibility index (Phi) is 10.6. The standard InChI is InChI=1S/C30H38N4O4/c1-4-6-16-32(22-28-15-10-18-31(28)21-25-12-8-11-24(3)19-25)29(35)23-33(17-7-5-2)30(36)26-13-9-14-27(20-26)34(37)38/h8-15,18-20H,4-7,16-17,21-23H2,1-3H3. The molecule has 3 rings (SSSR count). The first-order valence-corrected chi connectivity index (χ1v) is 13.3. The summed E-state index contributed by atoms with van der Waals surface area (Å²) in [6.45, 7) is 8.29. The first-order valence-electron chi connectivity index (χ1n) is 13.3. The number of unbranched alkanes of at least 4 members (excludes halogenated alkanes) is 2. The lowest BCUT2D eigenvalue weighted by Crippen LogP contribution is -2.43. The number of hydrogen-bond donors (Lipinski definition) is 0. The van der Waals surface area contributed by atoms with Gasteiger partial charge in [-0.25, -0.2) is 0 Å². The zero-order valence-electron chi connectivity index (χ0n) is 22.6. The van der Waals surface area contributed by atoms with E-state index in [1.54, 1.807) is 6.07 Å². The van der Waals surface area contributed by atoms with Crippen LogP contribution in [0.3, 0.4) is 0 Å². The second kappa shape index (κ2) is 14.1. The number of non-ortho nitro benzene ring substituents is 1. The highest BCUT2D eigenvalue weighted by Gasteiger charge is 2.24. The fourth-order valence-electron chi connectivity index (χ4n) is 4.39. The minimum absolute atomic E-state index is 0.0656. The maximum Gasteiger partial charge on any atom is 0.270 e. The highest BCUT2D eigenvalue weighted by atomic mass is 16.6. The number of hydrogen-bond acceptors (Lipinski definition) is 4. The van der Waals surface area contributed by atoms with Crippen LogP contribution in [0.1, 0.15) is 66.7 Å². The van der Waals surface area contributed by atoms with Crippen molar-refractivity contribution < 1.29 is 14.5 Å². The second-order valence-corrected chi connectivity index (χ2v) is 9.67. The number of aromatic nitrogens is 1. The van der Waals surface area contributed by atoms with E-state index in [9.17, 15) is 19.7 Å². The molecule has 8 heteroatoms. The predicted octanol–water partition coefficient (Wildman–Crippen LogP) is 5.82. The Hall–Kier alpha value is -3.94. The molecule has 0 fully saturated rings. The molecule has 0 saturated heterocycles. The molecule has 0 unspecified atom stereocenters. The van der Waals surface area contributed by atoms with E-state index in [0.717, 1.165) is 31.4 Å². The van der Waals surface area contributed by atoms with Crippen LogP contribution in [0.25, 0.3) is 0 Å². The van der Waals surface area contributed by atoms with Crippen LogP contribution in [0, 0.1) is 17.0 Å². The maximum atomic E-state index is 13.6. The summed E-state index contributed by atoms with van der Waals surface area (Å²) < 4.78 is 2.16. The van der Waals surface area contributed by atoms with E-state index in [1.165, 1.54) is 34.2 Å². The lowest BCUT2D eigenvalue weighted by Gasteiger charge is -2.28. The van der Waals surface area contributed by atoms with Gasteiger partial charge in [-0.2, -0.15) is 0 Å². The quantitative estimate of drug-likeness (QED) is 0.199. The average molecular weight is 519 g/mol. The number of nitro benzene ring substituents is 1. The zero-order chi connectivity index (χ0) is 27.5. The third-order valence-electron chi connectivity index (χ3n) is 6.54. The molecule has 38 heavy (non-hydrogen) atoms. The van der Waals surface area contributed by atoms with Crippen LogP contribution in [-0.4, -0.2) is 50.7 Å². The topological polar surface area (TPSA) is 88.7 Å². The molecular formula is C30H38N4O4. The average Bonchev–Trinajstić information content (AvgIpc) is 3.34. The van der Waals surface area contributed by atoms with Gasteiger partial charge in [0.2, 0.25) is 5.91 Å². The summed E-state index contributed by atoms with van der Waals surface area (Å²) in [6, 6.07) is 18.1. The molecular weight excluding hydrogens is 480 g/mol. The van der Waals surface area contributed by atoms with Gasteiger partial charge in [0.15, 0.2) is 0 Å². The second-order valence-electron chi connectivity index (χ2n) is 9.67. The molecule has 0 atom stereocenters. The van der Waals surface area contributed by atoms with E-state index in [0.29, 0.717) is 26.2 Å². The summed E-state index contributed by atoms with van der Waals surface area (Å²) in [5, 5.41) is 11.2. The normalized spacial score (nSPS) is 10.8. The fraction of sp³-hybridized carbons (Fsp3) is 0.400. The van der Waals surface area contributed by atoms with E-state index in [2.05, 4.69) is 36.6 Å². The minimum Gasteiger partial charge on any atom is -0.345 e. The Morgan fingerprint density at radius 1 is 0.921 bits per heavy atom. The molecule has 1 aromatic heterocycles. The van der Waals surface area contributed by atoms with Gasteiger partial charge in [-0.1, -0.05) is 62.6 Å². The van der Waals surface area contributed by atoms with Crippen LogP contribution in [0.5, 0.6) is 0 Å². The molecule has 0 saturated carbocycles. The number of amides is 2. The number of carbonyl (C=O) groups is 2. The third-order valence-corrected chi connectivity index (χ3v) is 6.54. The van der Waals surface area contributed by atoms with Crippen molar-refractivity contribution in [2.24, 2.45) is 0 Å². The minimum atomic E-state index is -0.517. The molecule has 0 N–H and O–H groups in total. The highest BCUT2D eigenvalue weighted by Crippen LogP contribution is 2.17. The Bertz CT molecular complexity index is 1240. The van der Waals surface area contributed by atoms with Crippen LogP contribution < -0.4 is 0 Å². The highest BCUT2D eigenvalue weighted by molar-refractivity contribution is 5.97. The van der Waals surface area contributed by atoms with Gasteiger partial charge >= 0.3 is 0 Å². The Balaban J connectivity index is 1.78. The van der Waals surface area contributed by atoms with Crippen molar-refractivity contribution in [2.45, 2.75) is 59.5 Å². The lowest BCUT2D eigenvalue weighted by atomic mass is 10.1. The summed E-state index contributed by atoms with van der Waals surface area (Å²) in [5.41, 5.74) is 3.51. The molecule has 0 bridgehead atoms. The summed E-state index contributed by atoms with van der Waals surface area (Å²) in [5.74, 6) is -0.495. The van der Waals surface area contributed by atoms with Crippen molar-refractivity contribution in [3.05, 3.63) is 99.4 Å². The van der Waals surface area contributed by atoms with Crippen molar-refractivity contribution in [2.75, 3.05) is 19.6 Å². The van der Waals surface area contributed by atoms with Crippen LogP contribution in [0.2, 0.25) is 0 Å². The summed E-state index contributed by atoms with van der Waals surface area (Å²) in [4.78, 5) is 41.0. The van der Waals surface area contributed by atoms with Crippen LogP contribution in [0.4, 0.5) is 5.69 Å². The van der Waals surface area contributed by atoms with Gasteiger partial charge < -0.3 is 14.4 Å². The van der Waals surface area contributed by atoms with Gasteiger partial charge in [0.05, 0.1) is 11.5 Å². The van der Waals surface area contributed by atoms with Crippen molar-refractivity contribution in [3.8, 4) is 0 Å². The summed E-state index contributed by atoms with van der Waals surface area (Å²) >= 11 is 0. The molecule has 2 amide bonds. The smallest absolute Gasteiger partial charge is 0.270 e. The van der Waals surface area contributed by atoms with E-state index in [4.69, 9.17) is 0 Å². The van der Waals surface area contributed by atoms with Crippen molar-refractivity contribution >= 4 is 17.5 Å². The summed E-state index contributed by atoms with van der Waals surface area (Å²) in [6.07, 6.45) is 5.43. The first-order chi connectivity index (χ1) is 18.3. The van der Waals surface area contributed by atoms with Crippen LogP contribution in [0.15, 0.2) is 66.9 Å². The molecule has 2 aromatic carbocycles. The van der Waals surface area contributed by atoms with Crippen molar-refractivity contribution in [1.29, 1.82) is 0 Å². The molecule has 1 heterocycles. The predicted molar refractivity (Wildman–Crippen MR) is 149 cm³/mol. The van der Waals surface area contributed by atoms with Gasteiger partial charge in [-0.15, -0.1) is 0 Å². The van der Waals surface area contributed by atoms with E-state index in [1.807, 2.05) is 36.2 Å². The van der Waals surface area contributed by atoms with E-state index < -0.39 is 4.92 Å². The number of rotatable bonds is 14. The number of nitro groups is 1. The lowest BCUT2D eigenvalue weighted by molar-refractivity contribution is -0.384. The Morgan fingerprint density at radius 2 is 1.63 bits per heavy atom. The SMILES string of the molecule is CCCCN(Cc1cccn1Cc1cccc(C)c1)C(=O)CN(CCCC)C(=O)c1cccc([N+](=O)[O-])c1. The molecule has 3 aromatic rings. The molecule has 0 spiro atoms. The summed E-state index contributed by atoms with van der Waals surface area (Å²) in [7, 11) is 0. The van der Waals surface area contributed by atoms with Gasteiger partial charge in [-0.05, 0) is 43.5 Å². The molecule has 0 aliphatic heterocycles. The molecule has 202 valence electrons. The first kappa shape index (κ1) is 28.6. The van der Waals surface area contributed by atoms with E-state index in [-0.39, 0.29) is 29.6 Å². The Morgan fingerprint density at radius 3 is 2.32 bits per heavy atom. The largest absolute Gasteiger partial charge is 0.345 e. The van der Waals surface area contributed by atoms with Crippen LogP contribution >= 0.6 is 0 Å². The number of nitrogens with zero attached hydrogens (tertiary/aromatic N) is 4. The van der Waals surface area contributed by atoms with Crippen molar-refractivity contribution in [1.82, 2.24) is 14.4 Å². The zero-order valence-corrected chi connectivity index (χ0v) is 22.6. The van der Waals surface area contributed by atoms with E-state index >= 15 is 0 Å². The number of carbonyl (C=O) groups excluding carboxylic acids is 2. The van der Waals surface area contributed by atoms with Gasteiger partial charge in [-0.3, -0.25) is 19.7 Å². The Labute approximate surface area is 225 Å². The maximum absolute atomic E-state index is 13.6. The monoisotopic (exact) mass is 518 g/mol.